The molecule has 0 saturated heterocycles. The highest BCUT2D eigenvalue weighted by atomic mass is 19.4. The average molecular weight is 304 g/mol. The smallest absolute Gasteiger partial charge is 0.271 e. The van der Waals surface area contributed by atoms with Crippen LogP contribution in [-0.4, -0.2) is 0 Å². The Balaban J connectivity index is 2.30. The summed E-state index contributed by atoms with van der Waals surface area (Å²) in [6.45, 7) is 2.13. The van der Waals surface area contributed by atoms with Gasteiger partial charge >= 0.3 is 6.18 Å². The number of hydrogen-bond acceptors (Lipinski definition) is 2. The molecule has 1 aromatic carbocycles. The van der Waals surface area contributed by atoms with E-state index in [4.69, 9.17) is 5.84 Å². The Hall–Kier alpha value is -1.14. The van der Waals surface area contributed by atoms with Crippen LogP contribution in [0, 0.1) is 17.7 Å². The van der Waals surface area contributed by atoms with Gasteiger partial charge in [-0.2, -0.15) is 13.2 Å². The monoisotopic (exact) mass is 304 g/mol. The number of hydrazine groups is 1. The summed E-state index contributed by atoms with van der Waals surface area (Å²) in [6, 6.07) is 2.75. The fourth-order valence-electron chi connectivity index (χ4n) is 3.24. The highest BCUT2D eigenvalue weighted by Crippen LogP contribution is 2.39. The molecule has 0 bridgehead atoms. The molecule has 21 heavy (non-hydrogen) atoms. The Bertz CT molecular complexity index is 487. The van der Waals surface area contributed by atoms with Crippen LogP contribution in [0.1, 0.15) is 49.8 Å². The molecule has 3 atom stereocenters. The van der Waals surface area contributed by atoms with Crippen molar-refractivity contribution in [2.45, 2.75) is 44.8 Å². The van der Waals surface area contributed by atoms with Crippen LogP contribution < -0.4 is 11.3 Å². The minimum atomic E-state index is -4.70. The summed E-state index contributed by atoms with van der Waals surface area (Å²) in [5.41, 5.74) is 1.78. The van der Waals surface area contributed by atoms with E-state index in [1.165, 1.54) is 6.07 Å². The van der Waals surface area contributed by atoms with Crippen LogP contribution in [0.25, 0.3) is 0 Å². The third-order valence-electron chi connectivity index (χ3n) is 4.28. The maximum atomic E-state index is 13.4. The molecular weight excluding hydrogens is 284 g/mol. The van der Waals surface area contributed by atoms with E-state index in [9.17, 15) is 17.6 Å². The van der Waals surface area contributed by atoms with E-state index in [2.05, 4.69) is 12.3 Å². The van der Waals surface area contributed by atoms with E-state index in [-0.39, 0.29) is 12.0 Å². The van der Waals surface area contributed by atoms with E-state index < -0.39 is 17.6 Å². The highest BCUT2D eigenvalue weighted by Gasteiger charge is 2.35. The molecule has 3 N–H and O–H groups in total. The number of alkyl halides is 3. The van der Waals surface area contributed by atoms with Gasteiger partial charge in [0.15, 0.2) is 0 Å². The van der Waals surface area contributed by atoms with Crippen LogP contribution >= 0.6 is 0 Å². The lowest BCUT2D eigenvalue weighted by Gasteiger charge is -2.33. The standard InChI is InChI=1S/C15H20F4N2/c1-9-3-2-4-10(7-9)14(21-20)11-5-6-13(16)12(8-11)15(17,18)19/h5-6,8-10,14,21H,2-4,7,20H2,1H3. The molecule has 2 rings (SSSR count). The van der Waals surface area contributed by atoms with E-state index in [1.807, 2.05) is 0 Å². The number of rotatable bonds is 3. The molecule has 6 heteroatoms. The minimum Gasteiger partial charge on any atom is -0.271 e. The summed E-state index contributed by atoms with van der Waals surface area (Å²) in [7, 11) is 0. The zero-order valence-corrected chi connectivity index (χ0v) is 11.9. The molecule has 2 nitrogen and oxygen atoms in total. The molecule has 0 aromatic heterocycles. The Labute approximate surface area is 121 Å². The third kappa shape index (κ3) is 3.74. The van der Waals surface area contributed by atoms with Crippen LogP contribution in [0.15, 0.2) is 18.2 Å². The summed E-state index contributed by atoms with van der Waals surface area (Å²) in [6.07, 6.45) is -0.701. The van der Waals surface area contributed by atoms with Crippen LogP contribution in [-0.2, 0) is 6.18 Å². The molecule has 1 aliphatic rings. The maximum absolute atomic E-state index is 13.4. The van der Waals surface area contributed by atoms with Gasteiger partial charge in [-0.1, -0.05) is 25.8 Å². The molecule has 3 unspecified atom stereocenters. The van der Waals surface area contributed by atoms with Gasteiger partial charge in [-0.05, 0) is 42.4 Å². The van der Waals surface area contributed by atoms with Crippen molar-refractivity contribution in [2.75, 3.05) is 0 Å². The molecule has 1 aliphatic carbocycles. The van der Waals surface area contributed by atoms with Crippen LogP contribution in [0.5, 0.6) is 0 Å². The van der Waals surface area contributed by atoms with Gasteiger partial charge in [-0.15, -0.1) is 0 Å². The second-order valence-electron chi connectivity index (χ2n) is 5.91. The summed E-state index contributed by atoms with van der Waals surface area (Å²) in [5, 5.41) is 0. The number of nitrogens with one attached hydrogen (secondary N) is 1. The van der Waals surface area contributed by atoms with Crippen LogP contribution in [0.4, 0.5) is 17.6 Å². The molecule has 0 radical (unpaired) electrons. The normalized spacial score (nSPS) is 24.9. The Morgan fingerprint density at radius 2 is 2.00 bits per heavy atom. The predicted molar refractivity (Wildman–Crippen MR) is 72.6 cm³/mol. The van der Waals surface area contributed by atoms with Crippen molar-refractivity contribution in [3.63, 3.8) is 0 Å². The molecule has 1 saturated carbocycles. The van der Waals surface area contributed by atoms with Crippen molar-refractivity contribution in [3.8, 4) is 0 Å². The Morgan fingerprint density at radius 1 is 1.29 bits per heavy atom. The average Bonchev–Trinajstić information content (AvgIpc) is 2.40. The van der Waals surface area contributed by atoms with Crippen molar-refractivity contribution >= 4 is 0 Å². The third-order valence-corrected chi connectivity index (χ3v) is 4.28. The number of nitrogens with two attached hydrogens (primary N) is 1. The van der Waals surface area contributed by atoms with Crippen molar-refractivity contribution in [2.24, 2.45) is 17.7 Å². The molecule has 0 amide bonds. The number of benzene rings is 1. The van der Waals surface area contributed by atoms with Gasteiger partial charge in [-0.3, -0.25) is 11.3 Å². The zero-order chi connectivity index (χ0) is 15.6. The number of hydrogen-bond donors (Lipinski definition) is 2. The van der Waals surface area contributed by atoms with Crippen molar-refractivity contribution in [1.29, 1.82) is 0 Å². The first-order valence-corrected chi connectivity index (χ1v) is 7.15. The lowest BCUT2D eigenvalue weighted by molar-refractivity contribution is -0.140. The molecule has 0 aliphatic heterocycles. The molecule has 0 spiro atoms. The molecule has 118 valence electrons. The van der Waals surface area contributed by atoms with Gasteiger partial charge < -0.3 is 0 Å². The van der Waals surface area contributed by atoms with E-state index in [0.29, 0.717) is 11.5 Å². The lowest BCUT2D eigenvalue weighted by atomic mass is 9.77. The minimum absolute atomic E-state index is 0.172. The van der Waals surface area contributed by atoms with Gasteiger partial charge in [0.25, 0.3) is 0 Å². The predicted octanol–water partition coefficient (Wildman–Crippen LogP) is 4.18. The summed E-state index contributed by atoms with van der Waals surface area (Å²) >= 11 is 0. The summed E-state index contributed by atoms with van der Waals surface area (Å²) < 4.78 is 51.8. The van der Waals surface area contributed by atoms with E-state index in [0.717, 1.165) is 37.8 Å². The SMILES string of the molecule is CC1CCCC(C(NN)c2ccc(F)c(C(F)(F)F)c2)C1. The lowest BCUT2D eigenvalue weighted by Crippen LogP contribution is -2.35. The van der Waals surface area contributed by atoms with Gasteiger partial charge in [0, 0.05) is 6.04 Å². The van der Waals surface area contributed by atoms with Crippen molar-refractivity contribution in [3.05, 3.63) is 35.1 Å². The molecule has 1 fully saturated rings. The van der Waals surface area contributed by atoms with E-state index in [1.54, 1.807) is 0 Å². The molecular formula is C15H20F4N2. The largest absolute Gasteiger partial charge is 0.419 e. The fraction of sp³-hybridized carbons (Fsp3) is 0.600. The second-order valence-corrected chi connectivity index (χ2v) is 5.91. The molecule has 1 aromatic rings. The maximum Gasteiger partial charge on any atom is 0.419 e. The first-order chi connectivity index (χ1) is 9.82. The Morgan fingerprint density at radius 3 is 2.57 bits per heavy atom. The topological polar surface area (TPSA) is 38.0 Å². The van der Waals surface area contributed by atoms with Crippen molar-refractivity contribution < 1.29 is 17.6 Å². The van der Waals surface area contributed by atoms with Gasteiger partial charge in [0.1, 0.15) is 5.82 Å². The van der Waals surface area contributed by atoms with Crippen LogP contribution in [0.3, 0.4) is 0 Å². The summed E-state index contributed by atoms with van der Waals surface area (Å²) in [5.74, 6) is 5.00. The molecule has 0 heterocycles. The highest BCUT2D eigenvalue weighted by molar-refractivity contribution is 5.30. The fourth-order valence-corrected chi connectivity index (χ4v) is 3.24. The van der Waals surface area contributed by atoms with Crippen LogP contribution in [0.2, 0.25) is 0 Å². The summed E-state index contributed by atoms with van der Waals surface area (Å²) in [4.78, 5) is 0. The second kappa shape index (κ2) is 6.32. The quantitative estimate of drug-likeness (QED) is 0.499. The van der Waals surface area contributed by atoms with Crippen molar-refractivity contribution in [1.82, 2.24) is 5.43 Å². The zero-order valence-electron chi connectivity index (χ0n) is 11.9. The Kier molecular flexibility index (Phi) is 4.88. The first kappa shape index (κ1) is 16.2. The van der Waals surface area contributed by atoms with Gasteiger partial charge in [0.05, 0.1) is 5.56 Å². The number of halogens is 4. The van der Waals surface area contributed by atoms with Gasteiger partial charge in [0.2, 0.25) is 0 Å². The first-order valence-electron chi connectivity index (χ1n) is 7.15. The van der Waals surface area contributed by atoms with E-state index >= 15 is 0 Å². The van der Waals surface area contributed by atoms with Gasteiger partial charge in [-0.25, -0.2) is 4.39 Å².